The van der Waals surface area contributed by atoms with Crippen LogP contribution in [0.4, 0.5) is 0 Å². The molecule has 34 heavy (non-hydrogen) atoms. The van der Waals surface area contributed by atoms with E-state index in [1.54, 1.807) is 49.6 Å². The number of aliphatic hydroxyl groups is 1. The van der Waals surface area contributed by atoms with E-state index in [0.29, 0.717) is 42.2 Å². The van der Waals surface area contributed by atoms with Crippen LogP contribution in [0.25, 0.3) is 5.76 Å². The molecule has 0 radical (unpaired) electrons. The lowest BCUT2D eigenvalue weighted by Gasteiger charge is -2.26. The van der Waals surface area contributed by atoms with Crippen molar-refractivity contribution >= 4 is 17.4 Å². The predicted octanol–water partition coefficient (Wildman–Crippen LogP) is 4.72. The first-order valence-corrected chi connectivity index (χ1v) is 11.5. The number of likely N-dealkylation sites (tertiary alicyclic amines) is 1. The van der Waals surface area contributed by atoms with Crippen molar-refractivity contribution in [3.05, 3.63) is 65.2 Å². The van der Waals surface area contributed by atoms with Gasteiger partial charge in [0.2, 0.25) is 0 Å². The Morgan fingerprint density at radius 3 is 2.38 bits per heavy atom. The highest BCUT2D eigenvalue weighted by Gasteiger charge is 2.45. The van der Waals surface area contributed by atoms with E-state index in [1.165, 1.54) is 4.90 Å². The molecule has 0 bridgehead atoms. The molecule has 1 heterocycles. The number of ketones is 1. The van der Waals surface area contributed by atoms with E-state index in [4.69, 9.17) is 14.2 Å². The zero-order valence-electron chi connectivity index (χ0n) is 20.4. The number of methoxy groups -OCH3 is 1. The number of aliphatic hydroxyl groups excluding tert-OH is 1. The van der Waals surface area contributed by atoms with Crippen molar-refractivity contribution in [2.75, 3.05) is 20.3 Å². The second kappa shape index (κ2) is 11.2. The van der Waals surface area contributed by atoms with Gasteiger partial charge in [0.15, 0.2) is 0 Å². The number of rotatable bonds is 10. The van der Waals surface area contributed by atoms with Crippen LogP contribution in [0.15, 0.2) is 54.1 Å². The predicted molar refractivity (Wildman–Crippen MR) is 130 cm³/mol. The molecule has 1 atom stereocenters. The van der Waals surface area contributed by atoms with E-state index >= 15 is 0 Å². The zero-order chi connectivity index (χ0) is 24.8. The van der Waals surface area contributed by atoms with Gasteiger partial charge in [0.25, 0.3) is 11.7 Å². The molecule has 182 valence electrons. The molecule has 1 unspecified atom stereocenters. The fraction of sp³-hybridized carbons (Fsp3) is 0.407. The number of carbonyl (C=O) groups is 2. The summed E-state index contributed by atoms with van der Waals surface area (Å²) in [6.07, 6.45) is 0.585. The van der Waals surface area contributed by atoms with Gasteiger partial charge >= 0.3 is 0 Å². The van der Waals surface area contributed by atoms with Crippen molar-refractivity contribution in [1.29, 1.82) is 0 Å². The Bertz CT molecular complexity index is 1060. The lowest BCUT2D eigenvalue weighted by atomic mass is 9.95. The monoisotopic (exact) mass is 467 g/mol. The van der Waals surface area contributed by atoms with Gasteiger partial charge in [-0.05, 0) is 63.9 Å². The summed E-state index contributed by atoms with van der Waals surface area (Å²) >= 11 is 0. The number of nitrogens with zero attached hydrogens (tertiary/aromatic N) is 1. The Kier molecular flexibility index (Phi) is 8.34. The molecule has 1 aliphatic heterocycles. The van der Waals surface area contributed by atoms with Crippen LogP contribution in [-0.4, -0.2) is 54.2 Å². The third-order valence-electron chi connectivity index (χ3n) is 5.42. The van der Waals surface area contributed by atoms with Crippen LogP contribution in [0.3, 0.4) is 0 Å². The summed E-state index contributed by atoms with van der Waals surface area (Å²) in [4.78, 5) is 27.7. The fourth-order valence-corrected chi connectivity index (χ4v) is 3.97. The summed E-state index contributed by atoms with van der Waals surface area (Å²) in [5, 5.41) is 11.3. The molecular formula is C27H33NO6. The van der Waals surface area contributed by atoms with Crippen molar-refractivity contribution < 1.29 is 28.9 Å². The average molecular weight is 468 g/mol. The normalized spacial score (nSPS) is 17.6. The number of Topliss-reactive ketones (excluding diaryl/α,β-unsaturated/α-hetero) is 1. The van der Waals surface area contributed by atoms with Gasteiger partial charge in [-0.15, -0.1) is 0 Å². The maximum absolute atomic E-state index is 13.2. The van der Waals surface area contributed by atoms with Crippen LogP contribution in [0.2, 0.25) is 0 Å². The highest BCUT2D eigenvalue weighted by Crippen LogP contribution is 2.40. The van der Waals surface area contributed by atoms with Crippen LogP contribution in [0.5, 0.6) is 11.5 Å². The SMILES string of the molecule is COc1cccc(C2/C(=C(/O)c3cccc(OC(C)C)c3)C(=O)C(=O)N2CCCOC(C)C)c1. The van der Waals surface area contributed by atoms with Crippen LogP contribution < -0.4 is 9.47 Å². The fourth-order valence-electron chi connectivity index (χ4n) is 3.97. The molecule has 0 aromatic heterocycles. The minimum atomic E-state index is -0.746. The lowest BCUT2D eigenvalue weighted by molar-refractivity contribution is -0.140. The van der Waals surface area contributed by atoms with Crippen LogP contribution in [0, 0.1) is 0 Å². The summed E-state index contributed by atoms with van der Waals surface area (Å²) in [6.45, 7) is 8.47. The molecule has 0 saturated carbocycles. The minimum Gasteiger partial charge on any atom is -0.507 e. The topological polar surface area (TPSA) is 85.3 Å². The Morgan fingerprint density at radius 2 is 1.71 bits per heavy atom. The van der Waals surface area contributed by atoms with Crippen LogP contribution >= 0.6 is 0 Å². The van der Waals surface area contributed by atoms with E-state index in [9.17, 15) is 14.7 Å². The van der Waals surface area contributed by atoms with Gasteiger partial charge in [-0.2, -0.15) is 0 Å². The highest BCUT2D eigenvalue weighted by atomic mass is 16.5. The van der Waals surface area contributed by atoms with E-state index in [1.807, 2.05) is 33.8 Å². The van der Waals surface area contributed by atoms with Gasteiger partial charge in [-0.25, -0.2) is 0 Å². The largest absolute Gasteiger partial charge is 0.507 e. The maximum atomic E-state index is 13.2. The molecule has 2 aromatic carbocycles. The second-order valence-corrected chi connectivity index (χ2v) is 8.74. The van der Waals surface area contributed by atoms with Gasteiger partial charge in [0.1, 0.15) is 17.3 Å². The van der Waals surface area contributed by atoms with Crippen molar-refractivity contribution in [3.63, 3.8) is 0 Å². The van der Waals surface area contributed by atoms with Crippen LogP contribution in [0.1, 0.15) is 51.3 Å². The quantitative estimate of drug-likeness (QED) is 0.236. The molecule has 2 aromatic rings. The molecule has 3 rings (SSSR count). The first-order valence-electron chi connectivity index (χ1n) is 11.5. The minimum absolute atomic E-state index is 0.0460. The third-order valence-corrected chi connectivity index (χ3v) is 5.42. The summed E-state index contributed by atoms with van der Waals surface area (Å²) < 4.78 is 16.7. The van der Waals surface area contributed by atoms with Gasteiger partial charge in [-0.3, -0.25) is 9.59 Å². The van der Waals surface area contributed by atoms with Crippen molar-refractivity contribution in [2.24, 2.45) is 0 Å². The number of ether oxygens (including phenoxy) is 3. The van der Waals surface area contributed by atoms with Gasteiger partial charge in [0, 0.05) is 18.7 Å². The maximum Gasteiger partial charge on any atom is 0.295 e. The van der Waals surface area contributed by atoms with Gasteiger partial charge in [0.05, 0.1) is 30.9 Å². The van der Waals surface area contributed by atoms with E-state index in [-0.39, 0.29) is 23.5 Å². The van der Waals surface area contributed by atoms with Crippen molar-refractivity contribution in [2.45, 2.75) is 52.4 Å². The Labute approximate surface area is 200 Å². The van der Waals surface area contributed by atoms with Crippen molar-refractivity contribution in [3.8, 4) is 11.5 Å². The standard InChI is InChI=1S/C27H33NO6/c1-17(2)33-14-8-13-28-24(19-9-6-11-21(15-19)32-5)23(26(30)27(28)31)25(29)20-10-7-12-22(16-20)34-18(3)4/h6-7,9-12,15-18,24,29H,8,13-14H2,1-5H3/b25-23-. The number of hydrogen-bond donors (Lipinski definition) is 1. The molecule has 1 N–H and O–H groups in total. The Hall–Kier alpha value is -3.32. The van der Waals surface area contributed by atoms with E-state index in [0.717, 1.165) is 0 Å². The van der Waals surface area contributed by atoms with Crippen LogP contribution in [-0.2, 0) is 14.3 Å². The molecular weight excluding hydrogens is 434 g/mol. The number of hydrogen-bond acceptors (Lipinski definition) is 6. The molecule has 1 saturated heterocycles. The molecule has 1 aliphatic rings. The molecule has 0 spiro atoms. The Balaban J connectivity index is 2.05. The molecule has 7 nitrogen and oxygen atoms in total. The van der Waals surface area contributed by atoms with Crippen molar-refractivity contribution in [1.82, 2.24) is 4.90 Å². The molecule has 1 fully saturated rings. The summed E-state index contributed by atoms with van der Waals surface area (Å²) in [6, 6.07) is 13.3. The van der Waals surface area contributed by atoms with Gasteiger partial charge in [-0.1, -0.05) is 24.3 Å². The summed E-state index contributed by atoms with van der Waals surface area (Å²) in [5.74, 6) is -0.435. The molecule has 0 aliphatic carbocycles. The lowest BCUT2D eigenvalue weighted by Crippen LogP contribution is -2.31. The average Bonchev–Trinajstić information content (AvgIpc) is 3.06. The third kappa shape index (κ3) is 5.78. The summed E-state index contributed by atoms with van der Waals surface area (Å²) in [7, 11) is 1.56. The first kappa shape index (κ1) is 25.3. The first-order chi connectivity index (χ1) is 16.2. The van der Waals surface area contributed by atoms with E-state index in [2.05, 4.69) is 0 Å². The summed E-state index contributed by atoms with van der Waals surface area (Å²) in [5.41, 5.74) is 1.14. The smallest absolute Gasteiger partial charge is 0.295 e. The second-order valence-electron chi connectivity index (χ2n) is 8.74. The molecule has 7 heteroatoms. The highest BCUT2D eigenvalue weighted by molar-refractivity contribution is 6.46. The molecule has 1 amide bonds. The van der Waals surface area contributed by atoms with E-state index < -0.39 is 17.7 Å². The number of carbonyl (C=O) groups excluding carboxylic acids is 2. The number of benzene rings is 2. The Morgan fingerprint density at radius 1 is 1.00 bits per heavy atom. The van der Waals surface area contributed by atoms with Gasteiger partial charge < -0.3 is 24.2 Å². The number of amides is 1. The zero-order valence-corrected chi connectivity index (χ0v) is 20.4.